The van der Waals surface area contributed by atoms with E-state index in [4.69, 9.17) is 67.2 Å². The van der Waals surface area contributed by atoms with E-state index in [0.29, 0.717) is 33.6 Å². The Morgan fingerprint density at radius 2 is 0.926 bits per heavy atom. The van der Waals surface area contributed by atoms with E-state index in [1.165, 1.54) is 19.3 Å². The molecule has 4 fully saturated rings. The number of nitrogens with two attached hydrogens (primary N) is 5. The van der Waals surface area contributed by atoms with Crippen molar-refractivity contribution in [2.45, 2.75) is 214 Å². The number of amides is 1. The largest absolute Gasteiger partial charge is 0.463 e. The zero-order valence-corrected chi connectivity index (χ0v) is 62.6. The highest BCUT2D eigenvalue weighted by Gasteiger charge is 2.54. The predicted molar refractivity (Wildman–Crippen MR) is 394 cm³/mol. The van der Waals surface area contributed by atoms with Gasteiger partial charge in [-0.15, -0.1) is 0 Å². The van der Waals surface area contributed by atoms with Crippen LogP contribution in [0.4, 0.5) is 35.3 Å². The van der Waals surface area contributed by atoms with E-state index < -0.39 is 155 Å². The van der Waals surface area contributed by atoms with Gasteiger partial charge in [0.2, 0.25) is 17.8 Å². The van der Waals surface area contributed by atoms with Crippen molar-refractivity contribution < 1.29 is 93.2 Å². The minimum atomic E-state index is -1.37. The second kappa shape index (κ2) is 34.6. The van der Waals surface area contributed by atoms with Crippen LogP contribution in [0.25, 0.3) is 0 Å². The van der Waals surface area contributed by atoms with Gasteiger partial charge in [-0.1, -0.05) is 136 Å². The molecule has 1 amide bonds. The molecule has 4 saturated heterocycles. The maximum absolute atomic E-state index is 12.3. The molecular weight excluding hydrogens is 1500 g/mol. The molecule has 23 N–H and O–H groups in total. The highest BCUT2D eigenvalue weighted by atomic mass is 32.2. The van der Waals surface area contributed by atoms with Crippen molar-refractivity contribution >= 4 is 112 Å². The molecule has 0 spiro atoms. The lowest BCUT2D eigenvalue weighted by Gasteiger charge is -2.28. The Labute approximate surface area is 633 Å². The number of nitrogens with one attached hydrogen (secondary N) is 5. The summed E-state index contributed by atoms with van der Waals surface area (Å²) in [5.41, 5.74) is 27.0. The number of thioether (sulfide) groups is 3. The number of ether oxygens (including phenoxy) is 7. The Bertz CT molecular complexity index is 4200. The van der Waals surface area contributed by atoms with Crippen molar-refractivity contribution in [3.05, 3.63) is 86.1 Å². The molecule has 0 aliphatic carbocycles. The number of carbonyl (C=O) groups is 4. The number of hydrogen-bond donors (Lipinski definition) is 18. The number of esters is 3. The fourth-order valence-electron chi connectivity index (χ4n) is 12.1. The number of fused-ring (bicyclic) bond motifs is 4. The molecular formula is C64H93N17O23S4. The summed E-state index contributed by atoms with van der Waals surface area (Å²) in [6, 6.07) is -1.66. The van der Waals surface area contributed by atoms with Gasteiger partial charge < -0.3 is 108 Å². The molecule has 0 bridgehead atoms. The monoisotopic (exact) mass is 1600 g/mol. The van der Waals surface area contributed by atoms with Crippen molar-refractivity contribution in [3.8, 4) is 0 Å². The van der Waals surface area contributed by atoms with E-state index in [-0.39, 0.29) is 118 Å². The van der Waals surface area contributed by atoms with E-state index in [1.807, 2.05) is 20.8 Å². The van der Waals surface area contributed by atoms with Crippen LogP contribution in [-0.2, 0) is 54.0 Å². The number of aliphatic hydroxyl groups excluding tert-OH is 8. The number of H-pyrrole nitrogens is 3. The lowest BCUT2D eigenvalue weighted by atomic mass is 9.87. The molecule has 44 heteroatoms. The second-order valence-electron chi connectivity index (χ2n) is 27.4. The Hall–Kier alpha value is -7.87. The molecule has 12 heterocycles. The molecule has 8 aliphatic heterocycles. The van der Waals surface area contributed by atoms with E-state index >= 15 is 0 Å². The summed E-state index contributed by atoms with van der Waals surface area (Å²) >= 11 is 3.91. The van der Waals surface area contributed by atoms with Gasteiger partial charge in [0.25, 0.3) is 22.6 Å². The van der Waals surface area contributed by atoms with E-state index in [1.54, 1.807) is 41.5 Å². The van der Waals surface area contributed by atoms with Gasteiger partial charge in [0, 0.05) is 6.42 Å². The Morgan fingerprint density at radius 3 is 1.27 bits per heavy atom. The maximum Gasteiger partial charge on any atom is 0.323 e. The molecule has 8 aliphatic rings. The summed E-state index contributed by atoms with van der Waals surface area (Å²) in [5.74, 6) is -2.17. The summed E-state index contributed by atoms with van der Waals surface area (Å²) < 4.78 is 39.6. The summed E-state index contributed by atoms with van der Waals surface area (Å²) in [7, 11) is 0. The molecule has 0 aromatic carbocycles. The van der Waals surface area contributed by atoms with Crippen LogP contribution >= 0.6 is 46.6 Å². The third kappa shape index (κ3) is 17.6. The van der Waals surface area contributed by atoms with Gasteiger partial charge in [0.15, 0.2) is 42.4 Å². The molecule has 12 rings (SSSR count). The zero-order chi connectivity index (χ0) is 79.2. The van der Waals surface area contributed by atoms with Crippen LogP contribution in [0.3, 0.4) is 0 Å². The topological polar surface area (TPSA) is 630 Å². The van der Waals surface area contributed by atoms with Gasteiger partial charge >= 0.3 is 22.8 Å². The second-order valence-corrected chi connectivity index (χ2v) is 31.6. The highest BCUT2D eigenvalue weighted by molar-refractivity contribution is 8.04. The molecule has 0 unspecified atom stereocenters. The van der Waals surface area contributed by atoms with Crippen LogP contribution in [0.1, 0.15) is 104 Å². The SMILES string of the molecule is C.C=C1Sc2c(nc(N)[nH]c2=O)N1[C@@H]1O[C@H](COC(=O)[C@@H](CC)C(C)C)[C@@H](O)[C@H]1O.C=C1Sc2c(nc(N)[nH]c2=O)N1[C@@H]1O[C@H](COC(=O)[C@@H](N)C(C)(C)C)[C@@H](O)[C@H]1O.C=C1Sc2c(nc(N)[nH]c2=O)N1[C@@H]1O[C@H](COC(=O)[C@@H](N)C(C)C)[C@@H](O)[C@H]1O.CC[C@H]1O[C@@H](n2c3c(sc2=O)C(=O)NC(=N)C3)[C@H](O)[C@@H]1O. The van der Waals surface area contributed by atoms with Crippen molar-refractivity contribution in [3.63, 3.8) is 0 Å². The molecule has 0 saturated carbocycles. The number of aromatic nitrogens is 7. The van der Waals surface area contributed by atoms with Crippen LogP contribution in [0.5, 0.6) is 0 Å². The minimum absolute atomic E-state index is 0. The molecule has 40 nitrogen and oxygen atoms in total. The average molecular weight is 1600 g/mol. The van der Waals surface area contributed by atoms with Crippen LogP contribution in [0, 0.1) is 28.6 Å². The maximum atomic E-state index is 12.3. The van der Waals surface area contributed by atoms with E-state index in [9.17, 15) is 79.2 Å². The minimum Gasteiger partial charge on any atom is -0.463 e. The van der Waals surface area contributed by atoms with Crippen LogP contribution in [-0.4, -0.2) is 229 Å². The number of thiazole rings is 1. The number of hydrogen-bond acceptors (Lipinski definition) is 39. The molecule has 19 atom stereocenters. The molecule has 4 aromatic rings. The van der Waals surface area contributed by atoms with Gasteiger partial charge in [-0.2, -0.15) is 15.0 Å². The first kappa shape index (κ1) is 85.7. The summed E-state index contributed by atoms with van der Waals surface area (Å²) in [6.07, 6.45) is -17.0. The van der Waals surface area contributed by atoms with E-state index in [0.717, 1.165) is 46.6 Å². The fraction of sp³-hybridized carbons (Fsp3) is 0.594. The molecule has 0 radical (unpaired) electrons. The van der Waals surface area contributed by atoms with Crippen molar-refractivity contribution in [2.75, 3.05) is 51.7 Å². The van der Waals surface area contributed by atoms with Crippen LogP contribution in [0.2, 0.25) is 0 Å². The van der Waals surface area contributed by atoms with Crippen molar-refractivity contribution in [2.24, 2.45) is 34.6 Å². The summed E-state index contributed by atoms with van der Waals surface area (Å²) in [5, 5.41) is 93.7. The molecule has 4 aromatic heterocycles. The summed E-state index contributed by atoms with van der Waals surface area (Å²) in [4.78, 5) is 121. The van der Waals surface area contributed by atoms with Crippen molar-refractivity contribution in [1.29, 1.82) is 5.41 Å². The highest BCUT2D eigenvalue weighted by Crippen LogP contribution is 2.49. The standard InChI is InChI=1S/C18H26N4O6S.C17H25N5O6S.C16H23N5O6S.C12H15N3O5S.CH4/c1-5-9(7(2)3)17(26)27-6-10-11(23)12(24)16(28-10)22-8(4)29-13-14(22)20-18(19)21-15(13)25;1-6-22(12-10(29-6)13(25)21-16(19)20-12)14-9(24)8(23)7(28-14)5-27-15(26)11(18)17(2,3)4;1-5(2)8(17)15(25)26-4-7-9(22)10(23)14(27-7)21-6(3)28-11-12(21)19-16(18)20-13(11)24;1-2-5-7(16)8(17)11(20-5)15-4-3-6(13)14-10(18)9(4)21-12(15)19;/h7,9-12,16,23-24H,4-6H2,1-3H3,(H3,19,20,21,25);7-9,11,14,23-24H,1,5,18H2,2-4H3,(H3,19,20,21,25);5,7-10,14,22-23H,3-4,17H2,1-2H3,(H3,18,19,20,24);5,7-8,11,16-17H,2-3H2,1H3,(H2,13,14,18);1H4/t9-,10+,11+,12+,16+;7-,8-,9-,11-,14-;7-,8+,9-,10-,14-;5-,7-,8-,11-;/m0111./s1. The normalized spacial score (nSPS) is 28.3. The first-order valence-corrected chi connectivity index (χ1v) is 36.8. The van der Waals surface area contributed by atoms with Gasteiger partial charge in [-0.25, -0.2) is 0 Å². The van der Waals surface area contributed by atoms with E-state index in [2.05, 4.69) is 55.0 Å². The average Bonchev–Trinajstić information content (AvgIpc) is 1.62. The lowest BCUT2D eigenvalue weighted by Crippen LogP contribution is -2.45. The lowest BCUT2D eigenvalue weighted by molar-refractivity contribution is -0.156. The first-order chi connectivity index (χ1) is 50.1. The quantitative estimate of drug-likeness (QED) is 0.0404. The Balaban J connectivity index is 0.000000182. The van der Waals surface area contributed by atoms with Crippen LogP contribution < -0.4 is 70.2 Å². The zero-order valence-electron chi connectivity index (χ0n) is 59.3. The Kier molecular flexibility index (Phi) is 27.5. The smallest absolute Gasteiger partial charge is 0.323 e. The summed E-state index contributed by atoms with van der Waals surface area (Å²) in [6.45, 7) is 27.3. The van der Waals surface area contributed by atoms with Crippen molar-refractivity contribution in [1.82, 2.24) is 39.8 Å². The number of carbonyl (C=O) groups excluding carboxylic acids is 4. The fourth-order valence-corrected chi connectivity index (χ4v) is 15.7. The third-order valence-electron chi connectivity index (χ3n) is 18.2. The number of nitrogens with zero attached hydrogens (tertiary/aromatic N) is 7. The predicted octanol–water partition coefficient (Wildman–Crippen LogP) is -1.95. The molecule has 596 valence electrons. The first-order valence-electron chi connectivity index (χ1n) is 33.5. The molecule has 108 heavy (non-hydrogen) atoms. The third-order valence-corrected chi connectivity index (χ3v) is 22.2. The Morgan fingerprint density at radius 1 is 0.574 bits per heavy atom. The van der Waals surface area contributed by atoms with Gasteiger partial charge in [-0.3, -0.25) is 78.0 Å². The van der Waals surface area contributed by atoms with Crippen LogP contribution in [0.15, 0.2) is 68.7 Å². The number of amidine groups is 1. The van der Waals surface area contributed by atoms with Gasteiger partial charge in [0.1, 0.15) is 124 Å². The number of nitrogen functional groups attached to an aromatic ring is 3. The number of rotatable bonds is 17. The number of aliphatic hydroxyl groups is 8. The van der Waals surface area contributed by atoms with Gasteiger partial charge in [-0.05, 0) is 30.1 Å². The van der Waals surface area contributed by atoms with Gasteiger partial charge in [0.05, 0.1) is 32.8 Å². The number of aromatic amines is 3. The number of anilines is 6.